The Hall–Kier alpha value is -3.25. The van der Waals surface area contributed by atoms with Crippen LogP contribution < -0.4 is 9.80 Å². The minimum atomic E-state index is -0.444. The zero-order valence-corrected chi connectivity index (χ0v) is 17.0. The van der Waals surface area contributed by atoms with Crippen molar-refractivity contribution in [3.05, 3.63) is 70.9 Å². The number of hydrogen-bond acceptors (Lipinski definition) is 4. The molecule has 0 fully saturated rings. The fraction of sp³-hybridized carbons (Fsp3) is 0.292. The molecule has 0 saturated heterocycles. The highest BCUT2D eigenvalue weighted by Crippen LogP contribution is 2.28. The first-order chi connectivity index (χ1) is 14.6. The predicted octanol–water partition coefficient (Wildman–Crippen LogP) is 1.55. The van der Waals surface area contributed by atoms with Gasteiger partial charge in [-0.15, -0.1) is 0 Å². The summed E-state index contributed by atoms with van der Waals surface area (Å²) in [5.41, 5.74) is 5.33. The predicted molar refractivity (Wildman–Crippen MR) is 114 cm³/mol. The highest BCUT2D eigenvalue weighted by molar-refractivity contribution is 6.06. The van der Waals surface area contributed by atoms with E-state index in [0.29, 0.717) is 12.1 Å². The van der Waals surface area contributed by atoms with Crippen molar-refractivity contribution in [3.63, 3.8) is 0 Å². The van der Waals surface area contributed by atoms with Crippen LogP contribution in [0.2, 0.25) is 0 Å². The van der Waals surface area contributed by atoms with Gasteiger partial charge < -0.3 is 14.5 Å². The van der Waals surface area contributed by atoms with Crippen LogP contribution in [0.4, 0.5) is 5.69 Å². The molecule has 2 aromatic carbocycles. The number of anilines is 1. The normalized spacial score (nSPS) is 17.5. The lowest BCUT2D eigenvalue weighted by Crippen LogP contribution is -3.08. The van der Waals surface area contributed by atoms with E-state index in [1.165, 1.54) is 4.90 Å². The van der Waals surface area contributed by atoms with Crippen molar-refractivity contribution in [3.8, 4) is 0 Å². The average Bonchev–Trinajstić information content (AvgIpc) is 3.20. The number of quaternary nitrogens is 1. The van der Waals surface area contributed by atoms with Gasteiger partial charge in [0.2, 0.25) is 0 Å². The molecule has 1 amide bonds. The van der Waals surface area contributed by atoms with Gasteiger partial charge in [0.15, 0.2) is 6.61 Å². The lowest BCUT2D eigenvalue weighted by atomic mass is 9.96. The van der Waals surface area contributed by atoms with Crippen molar-refractivity contribution >= 4 is 28.5 Å². The van der Waals surface area contributed by atoms with Gasteiger partial charge in [0, 0.05) is 29.6 Å². The summed E-state index contributed by atoms with van der Waals surface area (Å²) in [4.78, 5) is 33.8. The molecule has 0 bridgehead atoms. The zero-order chi connectivity index (χ0) is 20.7. The Kier molecular flexibility index (Phi) is 4.71. The van der Waals surface area contributed by atoms with E-state index in [2.05, 4.69) is 7.05 Å². The minimum Gasteiger partial charge on any atom is -0.452 e. The summed E-state index contributed by atoms with van der Waals surface area (Å²) in [7, 11) is 2.11. The average molecular weight is 402 g/mol. The van der Waals surface area contributed by atoms with Crippen LogP contribution in [-0.4, -0.2) is 43.6 Å². The van der Waals surface area contributed by atoms with Crippen LogP contribution in [0.3, 0.4) is 0 Å². The Morgan fingerprint density at radius 2 is 1.90 bits per heavy atom. The molecular formula is C24H24N3O3+. The number of nitrogens with zero attached hydrogens (tertiary/aromatic N) is 2. The first-order valence-electron chi connectivity index (χ1n) is 10.4. The second-order valence-corrected chi connectivity index (χ2v) is 8.06. The third-order valence-electron chi connectivity index (χ3n) is 6.07. The Morgan fingerprint density at radius 1 is 1.10 bits per heavy atom. The summed E-state index contributed by atoms with van der Waals surface area (Å²) in [6.45, 7) is 2.07. The number of rotatable bonds is 3. The second kappa shape index (κ2) is 7.54. The van der Waals surface area contributed by atoms with Gasteiger partial charge in [-0.2, -0.15) is 0 Å². The molecule has 30 heavy (non-hydrogen) atoms. The number of likely N-dealkylation sites (N-methyl/N-ethyl adjacent to an activating group) is 1. The third-order valence-corrected chi connectivity index (χ3v) is 6.07. The number of ether oxygens (including phenoxy) is 1. The van der Waals surface area contributed by atoms with E-state index in [1.54, 1.807) is 4.90 Å². The molecule has 1 N–H and O–H groups in total. The van der Waals surface area contributed by atoms with E-state index in [9.17, 15) is 9.59 Å². The number of para-hydroxylation sites is 2. The number of carbonyl (C=O) groups is 2. The van der Waals surface area contributed by atoms with E-state index in [0.717, 1.165) is 59.3 Å². The van der Waals surface area contributed by atoms with Gasteiger partial charge in [-0.3, -0.25) is 9.78 Å². The molecule has 2 aliphatic heterocycles. The van der Waals surface area contributed by atoms with Crippen molar-refractivity contribution in [2.75, 3.05) is 31.6 Å². The van der Waals surface area contributed by atoms with E-state index >= 15 is 0 Å². The Bertz CT molecular complexity index is 1160. The molecule has 0 spiro atoms. The zero-order valence-electron chi connectivity index (χ0n) is 17.0. The molecule has 152 valence electrons. The number of pyridine rings is 1. The smallest absolute Gasteiger partial charge is 0.339 e. The van der Waals surface area contributed by atoms with E-state index in [4.69, 9.17) is 9.72 Å². The van der Waals surface area contributed by atoms with Crippen molar-refractivity contribution < 1.29 is 19.2 Å². The number of aromatic nitrogens is 1. The second-order valence-electron chi connectivity index (χ2n) is 8.06. The number of amides is 1. The molecule has 1 atom stereocenters. The first-order valence-corrected chi connectivity index (χ1v) is 10.4. The topological polar surface area (TPSA) is 63.9 Å². The Labute approximate surface area is 175 Å². The van der Waals surface area contributed by atoms with E-state index in [-0.39, 0.29) is 12.5 Å². The number of benzene rings is 2. The van der Waals surface area contributed by atoms with Crippen molar-refractivity contribution in [1.29, 1.82) is 0 Å². The molecule has 3 heterocycles. The Morgan fingerprint density at radius 3 is 2.80 bits per heavy atom. The van der Waals surface area contributed by atoms with Crippen molar-refractivity contribution in [1.82, 2.24) is 4.98 Å². The molecule has 0 saturated carbocycles. The van der Waals surface area contributed by atoms with Crippen LogP contribution >= 0.6 is 0 Å². The number of carbonyl (C=O) groups excluding carboxylic acids is 2. The third kappa shape index (κ3) is 3.23. The summed E-state index contributed by atoms with van der Waals surface area (Å²) in [6.07, 6.45) is 1.66. The van der Waals surface area contributed by atoms with E-state index < -0.39 is 5.97 Å². The van der Waals surface area contributed by atoms with Gasteiger partial charge in [-0.1, -0.05) is 36.4 Å². The van der Waals surface area contributed by atoms with Gasteiger partial charge in [0.1, 0.15) is 6.54 Å². The molecule has 1 aromatic heterocycles. The highest BCUT2D eigenvalue weighted by atomic mass is 16.5. The van der Waals surface area contributed by atoms with Crippen LogP contribution in [0.25, 0.3) is 10.9 Å². The first kappa shape index (κ1) is 18.8. The SMILES string of the molecule is C[NH+]1CCc2nc3ccccc3c(C(=O)OCC(=O)N3CCc4ccccc43)c2C1. The molecule has 6 nitrogen and oxygen atoms in total. The summed E-state index contributed by atoms with van der Waals surface area (Å²) >= 11 is 0. The lowest BCUT2D eigenvalue weighted by Gasteiger charge is -2.24. The molecule has 6 heteroatoms. The van der Waals surface area contributed by atoms with Crippen LogP contribution in [-0.2, 0) is 28.9 Å². The van der Waals surface area contributed by atoms with Crippen LogP contribution in [0.1, 0.15) is 27.2 Å². The minimum absolute atomic E-state index is 0.191. The van der Waals surface area contributed by atoms with Gasteiger partial charge in [0.25, 0.3) is 5.91 Å². The van der Waals surface area contributed by atoms with Crippen molar-refractivity contribution in [2.24, 2.45) is 0 Å². The van der Waals surface area contributed by atoms with Gasteiger partial charge in [-0.05, 0) is 24.1 Å². The summed E-state index contributed by atoms with van der Waals surface area (Å²) in [5.74, 6) is -0.636. The number of fused-ring (bicyclic) bond motifs is 3. The number of esters is 1. The molecule has 2 aliphatic rings. The summed E-state index contributed by atoms with van der Waals surface area (Å²) in [5, 5.41) is 0.787. The van der Waals surface area contributed by atoms with Crippen LogP contribution in [0, 0.1) is 0 Å². The number of nitrogens with one attached hydrogen (secondary N) is 1. The van der Waals surface area contributed by atoms with Crippen LogP contribution in [0.15, 0.2) is 48.5 Å². The Balaban J connectivity index is 1.42. The summed E-state index contributed by atoms with van der Waals surface area (Å²) < 4.78 is 5.56. The quantitative estimate of drug-likeness (QED) is 0.676. The maximum atomic E-state index is 13.2. The fourth-order valence-electron chi connectivity index (χ4n) is 4.53. The largest absolute Gasteiger partial charge is 0.452 e. The van der Waals surface area contributed by atoms with E-state index in [1.807, 2.05) is 48.5 Å². The van der Waals surface area contributed by atoms with Gasteiger partial charge in [0.05, 0.1) is 30.4 Å². The fourth-order valence-corrected chi connectivity index (χ4v) is 4.53. The molecular weight excluding hydrogens is 378 g/mol. The van der Waals surface area contributed by atoms with Crippen molar-refractivity contribution in [2.45, 2.75) is 19.4 Å². The monoisotopic (exact) mass is 402 g/mol. The van der Waals surface area contributed by atoms with Gasteiger partial charge in [-0.25, -0.2) is 4.79 Å². The lowest BCUT2D eigenvalue weighted by molar-refractivity contribution is -0.895. The van der Waals surface area contributed by atoms with Gasteiger partial charge >= 0.3 is 5.97 Å². The number of hydrogen-bond donors (Lipinski definition) is 1. The molecule has 3 aromatic rings. The highest BCUT2D eigenvalue weighted by Gasteiger charge is 2.29. The molecule has 0 radical (unpaired) electrons. The maximum Gasteiger partial charge on any atom is 0.339 e. The maximum absolute atomic E-state index is 13.2. The standard InChI is InChI=1S/C24H23N3O3/c1-26-12-11-20-18(14-26)23(17-7-3-4-8-19(17)25-20)24(29)30-15-22(28)27-13-10-16-6-2-5-9-21(16)27/h2-9H,10-15H2,1H3/p+1. The molecule has 5 rings (SSSR count). The molecule has 1 unspecified atom stereocenters. The van der Waals surface area contributed by atoms with Crippen LogP contribution in [0.5, 0.6) is 0 Å². The summed E-state index contributed by atoms with van der Waals surface area (Å²) in [6, 6.07) is 15.5. The molecule has 0 aliphatic carbocycles.